The second-order valence-corrected chi connectivity index (χ2v) is 4.11. The monoisotopic (exact) mass is 166 g/mol. The maximum absolute atomic E-state index is 2.00. The summed E-state index contributed by atoms with van der Waals surface area (Å²) in [5, 5.41) is 0. The van der Waals surface area contributed by atoms with Gasteiger partial charge in [-0.15, -0.1) is 8.58 Å². The summed E-state index contributed by atoms with van der Waals surface area (Å²) in [6.45, 7) is 0. The highest BCUT2D eigenvalue weighted by molar-refractivity contribution is 7.38. The van der Waals surface area contributed by atoms with Gasteiger partial charge < -0.3 is 0 Å². The van der Waals surface area contributed by atoms with Crippen molar-refractivity contribution in [1.82, 2.24) is 0 Å². The van der Waals surface area contributed by atoms with Gasteiger partial charge in [-0.3, -0.25) is 0 Å². The highest BCUT2D eigenvalue weighted by Crippen LogP contribution is 2.21. The number of hydrogen-bond acceptors (Lipinski definition) is 0. The van der Waals surface area contributed by atoms with Crippen LogP contribution in [0.2, 0.25) is 0 Å². The molecular formula is C10H15P. The Balaban J connectivity index is 0.000000112. The number of benzene rings is 1. The van der Waals surface area contributed by atoms with Gasteiger partial charge in [-0.2, -0.15) is 0 Å². The molecular weight excluding hydrogens is 151 g/mol. The predicted molar refractivity (Wildman–Crippen MR) is 53.7 cm³/mol. The minimum Gasteiger partial charge on any atom is -0.122 e. The standard InChI is InChI=1S/C6H6.C4H9P/c1-2-4-6-5-3-1;1-2-4-5-3-1/h1-6H;5H,1-4H2. The van der Waals surface area contributed by atoms with Gasteiger partial charge in [0.2, 0.25) is 0 Å². The lowest BCUT2D eigenvalue weighted by Crippen LogP contribution is -1.58. The Morgan fingerprint density at radius 1 is 0.636 bits per heavy atom. The zero-order chi connectivity index (χ0) is 7.78. The predicted octanol–water partition coefficient (Wildman–Crippen LogP) is 3.15. The van der Waals surface area contributed by atoms with Crippen LogP contribution >= 0.6 is 8.58 Å². The van der Waals surface area contributed by atoms with Crippen molar-refractivity contribution < 1.29 is 0 Å². The molecule has 1 aliphatic rings. The van der Waals surface area contributed by atoms with Crippen LogP contribution in [0.3, 0.4) is 0 Å². The summed E-state index contributed by atoms with van der Waals surface area (Å²) in [7, 11) is 1.31. The molecule has 0 amide bonds. The van der Waals surface area contributed by atoms with E-state index >= 15 is 0 Å². The maximum atomic E-state index is 2.00. The first-order chi connectivity index (χ1) is 5.50. The molecule has 0 saturated carbocycles. The Morgan fingerprint density at radius 2 is 1.00 bits per heavy atom. The third-order valence-corrected chi connectivity index (χ3v) is 3.04. The molecule has 0 aliphatic carbocycles. The zero-order valence-corrected chi connectivity index (χ0v) is 7.79. The van der Waals surface area contributed by atoms with Crippen molar-refractivity contribution in [3.05, 3.63) is 36.4 Å². The molecule has 60 valence electrons. The third-order valence-electron chi connectivity index (χ3n) is 1.62. The molecule has 0 atom stereocenters. The summed E-state index contributed by atoms with van der Waals surface area (Å²) in [5.74, 6) is 0. The van der Waals surface area contributed by atoms with E-state index in [-0.39, 0.29) is 0 Å². The molecule has 2 rings (SSSR count). The van der Waals surface area contributed by atoms with Crippen LogP contribution in [0.5, 0.6) is 0 Å². The highest BCUT2D eigenvalue weighted by Gasteiger charge is 1.94. The highest BCUT2D eigenvalue weighted by atomic mass is 31.1. The van der Waals surface area contributed by atoms with Gasteiger partial charge in [-0.05, 0) is 25.2 Å². The molecule has 0 N–H and O–H groups in total. The van der Waals surface area contributed by atoms with Crippen molar-refractivity contribution in [2.75, 3.05) is 12.3 Å². The fraction of sp³-hybridized carbons (Fsp3) is 0.400. The average molecular weight is 166 g/mol. The summed E-state index contributed by atoms with van der Waals surface area (Å²) in [5.41, 5.74) is 0. The summed E-state index contributed by atoms with van der Waals surface area (Å²) < 4.78 is 0. The van der Waals surface area contributed by atoms with Crippen LogP contribution in [0.15, 0.2) is 36.4 Å². The molecule has 0 radical (unpaired) electrons. The molecule has 1 aromatic rings. The Bertz CT molecular complexity index is 121. The van der Waals surface area contributed by atoms with E-state index in [1.165, 1.54) is 33.7 Å². The minimum absolute atomic E-state index is 1.31. The zero-order valence-electron chi connectivity index (χ0n) is 6.79. The fourth-order valence-corrected chi connectivity index (χ4v) is 2.26. The van der Waals surface area contributed by atoms with Crippen molar-refractivity contribution in [2.45, 2.75) is 12.8 Å². The Kier molecular flexibility index (Phi) is 5.06. The molecule has 1 fully saturated rings. The molecule has 11 heavy (non-hydrogen) atoms. The summed E-state index contributed by atoms with van der Waals surface area (Å²) >= 11 is 0. The van der Waals surface area contributed by atoms with Crippen molar-refractivity contribution in [3.63, 3.8) is 0 Å². The van der Waals surface area contributed by atoms with E-state index in [0.717, 1.165) is 0 Å². The number of hydrogen-bond donors (Lipinski definition) is 0. The molecule has 1 aromatic carbocycles. The van der Waals surface area contributed by atoms with Crippen LogP contribution in [0.25, 0.3) is 0 Å². The SMILES string of the molecule is C1CCPC1.c1ccccc1. The Hall–Kier alpha value is -0.350. The normalized spacial score (nSPS) is 15.3. The van der Waals surface area contributed by atoms with Gasteiger partial charge in [-0.1, -0.05) is 36.4 Å². The minimum atomic E-state index is 1.31. The van der Waals surface area contributed by atoms with Gasteiger partial charge in [0, 0.05) is 0 Å². The summed E-state index contributed by atoms with van der Waals surface area (Å²) in [6.07, 6.45) is 6.08. The molecule has 1 heteroatoms. The Labute approximate surface area is 70.8 Å². The van der Waals surface area contributed by atoms with E-state index in [4.69, 9.17) is 0 Å². The topological polar surface area (TPSA) is 0 Å². The van der Waals surface area contributed by atoms with Gasteiger partial charge in [0.25, 0.3) is 0 Å². The summed E-state index contributed by atoms with van der Waals surface area (Å²) in [4.78, 5) is 0. The van der Waals surface area contributed by atoms with Crippen molar-refractivity contribution in [3.8, 4) is 0 Å². The quantitative estimate of drug-likeness (QED) is 0.519. The first-order valence-electron chi connectivity index (χ1n) is 4.21. The first kappa shape index (κ1) is 8.74. The van der Waals surface area contributed by atoms with Crippen molar-refractivity contribution >= 4 is 8.58 Å². The first-order valence-corrected chi connectivity index (χ1v) is 5.62. The lowest BCUT2D eigenvalue weighted by atomic mass is 10.4. The van der Waals surface area contributed by atoms with Crippen LogP contribution in [0.1, 0.15) is 12.8 Å². The van der Waals surface area contributed by atoms with E-state index in [0.29, 0.717) is 0 Å². The van der Waals surface area contributed by atoms with E-state index in [1.54, 1.807) is 0 Å². The largest absolute Gasteiger partial charge is 0.122 e. The smallest absolute Gasteiger partial charge is 0.0353 e. The van der Waals surface area contributed by atoms with Crippen molar-refractivity contribution in [1.29, 1.82) is 0 Å². The lowest BCUT2D eigenvalue weighted by Gasteiger charge is -1.69. The lowest BCUT2D eigenvalue weighted by molar-refractivity contribution is 0.949. The number of rotatable bonds is 0. The molecule has 0 bridgehead atoms. The second-order valence-electron chi connectivity index (χ2n) is 2.61. The van der Waals surface area contributed by atoms with Crippen LogP contribution in [0.4, 0.5) is 0 Å². The second kappa shape index (κ2) is 6.37. The van der Waals surface area contributed by atoms with E-state index < -0.39 is 0 Å². The average Bonchev–Trinajstić information content (AvgIpc) is 2.64. The van der Waals surface area contributed by atoms with E-state index in [1.807, 2.05) is 36.4 Å². The van der Waals surface area contributed by atoms with E-state index in [9.17, 15) is 0 Å². The van der Waals surface area contributed by atoms with Crippen molar-refractivity contribution in [2.24, 2.45) is 0 Å². The van der Waals surface area contributed by atoms with Crippen LogP contribution in [-0.2, 0) is 0 Å². The summed E-state index contributed by atoms with van der Waals surface area (Å²) in [6, 6.07) is 12.0. The van der Waals surface area contributed by atoms with Crippen LogP contribution < -0.4 is 0 Å². The fourth-order valence-electron chi connectivity index (χ4n) is 1.01. The molecule has 0 aromatic heterocycles. The van der Waals surface area contributed by atoms with Crippen LogP contribution in [-0.4, -0.2) is 12.3 Å². The maximum Gasteiger partial charge on any atom is -0.0353 e. The molecule has 1 aliphatic heterocycles. The van der Waals surface area contributed by atoms with Gasteiger partial charge in [-0.25, -0.2) is 0 Å². The molecule has 1 saturated heterocycles. The van der Waals surface area contributed by atoms with Gasteiger partial charge in [0.1, 0.15) is 0 Å². The molecule has 0 unspecified atom stereocenters. The third kappa shape index (κ3) is 4.98. The van der Waals surface area contributed by atoms with Gasteiger partial charge >= 0.3 is 0 Å². The van der Waals surface area contributed by atoms with E-state index in [2.05, 4.69) is 0 Å². The van der Waals surface area contributed by atoms with Gasteiger partial charge in [0.15, 0.2) is 0 Å². The molecule has 1 heterocycles. The molecule has 0 spiro atoms. The molecule has 0 nitrogen and oxygen atoms in total. The Morgan fingerprint density at radius 3 is 1.18 bits per heavy atom. The van der Waals surface area contributed by atoms with Crippen LogP contribution in [0, 0.1) is 0 Å². The van der Waals surface area contributed by atoms with Gasteiger partial charge in [0.05, 0.1) is 0 Å².